The molecule has 0 heterocycles. The van der Waals surface area contributed by atoms with E-state index in [9.17, 15) is 0 Å². The van der Waals surface area contributed by atoms with Gasteiger partial charge in [0, 0.05) is 6.61 Å². The van der Waals surface area contributed by atoms with Crippen LogP contribution in [-0.2, 0) is 4.43 Å². The van der Waals surface area contributed by atoms with Crippen LogP contribution >= 0.6 is 0 Å². The van der Waals surface area contributed by atoms with Crippen LogP contribution in [0.15, 0.2) is 12.7 Å². The standard InChI is InChI=1S/C11H24O2Si/c1-7-10(8-9-12)13-14(5,6)11(2,3)4/h7,10,12H,1,8-9H2,2-6H3/t10-/m0/s1. The second-order valence-electron chi connectivity index (χ2n) is 5.16. The summed E-state index contributed by atoms with van der Waals surface area (Å²) in [4.78, 5) is 0. The van der Waals surface area contributed by atoms with Gasteiger partial charge in [-0.25, -0.2) is 0 Å². The van der Waals surface area contributed by atoms with Gasteiger partial charge in [-0.3, -0.25) is 0 Å². The SMILES string of the molecule is C=C[C@@H](CCO)O[Si](C)(C)C(C)(C)C. The maximum atomic E-state index is 8.86. The van der Waals surface area contributed by atoms with Crippen molar-refractivity contribution in [2.45, 2.75) is 51.4 Å². The third kappa shape index (κ3) is 3.94. The fraction of sp³-hybridized carbons (Fsp3) is 0.818. The third-order valence-electron chi connectivity index (χ3n) is 2.93. The average molecular weight is 216 g/mol. The van der Waals surface area contributed by atoms with Crippen LogP contribution in [0.2, 0.25) is 18.1 Å². The van der Waals surface area contributed by atoms with Crippen molar-refractivity contribution < 1.29 is 9.53 Å². The van der Waals surface area contributed by atoms with Crippen molar-refractivity contribution in [2.75, 3.05) is 6.61 Å². The molecule has 3 heteroatoms. The smallest absolute Gasteiger partial charge is 0.192 e. The van der Waals surface area contributed by atoms with Gasteiger partial charge < -0.3 is 9.53 Å². The summed E-state index contributed by atoms with van der Waals surface area (Å²) >= 11 is 0. The monoisotopic (exact) mass is 216 g/mol. The molecule has 0 rings (SSSR count). The number of rotatable bonds is 5. The molecule has 0 unspecified atom stereocenters. The molecular formula is C11H24O2Si. The van der Waals surface area contributed by atoms with Crippen LogP contribution in [0, 0.1) is 0 Å². The summed E-state index contributed by atoms with van der Waals surface area (Å²) in [6, 6.07) is 0. The van der Waals surface area contributed by atoms with Gasteiger partial charge in [0.15, 0.2) is 8.32 Å². The van der Waals surface area contributed by atoms with E-state index in [-0.39, 0.29) is 17.7 Å². The van der Waals surface area contributed by atoms with Gasteiger partial charge in [0.05, 0.1) is 6.10 Å². The van der Waals surface area contributed by atoms with E-state index in [1.165, 1.54) is 0 Å². The number of aliphatic hydroxyl groups is 1. The molecule has 0 aromatic carbocycles. The Morgan fingerprint density at radius 2 is 1.93 bits per heavy atom. The highest BCUT2D eigenvalue weighted by atomic mass is 28.4. The molecule has 0 saturated heterocycles. The van der Waals surface area contributed by atoms with Crippen LogP contribution in [0.1, 0.15) is 27.2 Å². The maximum Gasteiger partial charge on any atom is 0.192 e. The van der Waals surface area contributed by atoms with Gasteiger partial charge in [0.2, 0.25) is 0 Å². The lowest BCUT2D eigenvalue weighted by Gasteiger charge is -2.38. The van der Waals surface area contributed by atoms with Crippen LogP contribution < -0.4 is 0 Å². The lowest BCUT2D eigenvalue weighted by atomic mass is 10.2. The molecule has 2 nitrogen and oxygen atoms in total. The first-order chi connectivity index (χ1) is 6.24. The molecule has 0 spiro atoms. The minimum atomic E-state index is -1.71. The van der Waals surface area contributed by atoms with Gasteiger partial charge in [-0.15, -0.1) is 6.58 Å². The van der Waals surface area contributed by atoms with Crippen LogP contribution in [-0.4, -0.2) is 26.1 Å². The molecular weight excluding hydrogens is 192 g/mol. The summed E-state index contributed by atoms with van der Waals surface area (Å²) in [6.45, 7) is 14.9. The van der Waals surface area contributed by atoms with Crippen LogP contribution in [0.25, 0.3) is 0 Å². The molecule has 0 bridgehead atoms. The third-order valence-corrected chi connectivity index (χ3v) is 7.43. The highest BCUT2D eigenvalue weighted by Crippen LogP contribution is 2.37. The van der Waals surface area contributed by atoms with Crippen LogP contribution in [0.4, 0.5) is 0 Å². The summed E-state index contributed by atoms with van der Waals surface area (Å²) in [6.07, 6.45) is 2.44. The average Bonchev–Trinajstić information content (AvgIpc) is 2.01. The van der Waals surface area contributed by atoms with Crippen molar-refractivity contribution in [1.82, 2.24) is 0 Å². The van der Waals surface area contributed by atoms with Crippen molar-refractivity contribution in [3.05, 3.63) is 12.7 Å². The molecule has 0 aliphatic rings. The van der Waals surface area contributed by atoms with Crippen molar-refractivity contribution in [3.8, 4) is 0 Å². The first kappa shape index (κ1) is 13.9. The molecule has 0 radical (unpaired) electrons. The molecule has 0 aliphatic heterocycles. The normalized spacial score (nSPS) is 15.3. The fourth-order valence-corrected chi connectivity index (χ4v) is 2.23. The Bertz CT molecular complexity index is 182. The lowest BCUT2D eigenvalue weighted by Crippen LogP contribution is -2.43. The summed E-state index contributed by atoms with van der Waals surface area (Å²) in [5.41, 5.74) is 0. The van der Waals surface area contributed by atoms with Crippen LogP contribution in [0.5, 0.6) is 0 Å². The van der Waals surface area contributed by atoms with Gasteiger partial charge in [-0.1, -0.05) is 26.8 Å². The number of aliphatic hydroxyl groups excluding tert-OH is 1. The summed E-state index contributed by atoms with van der Waals surface area (Å²) < 4.78 is 6.05. The highest BCUT2D eigenvalue weighted by Gasteiger charge is 2.38. The van der Waals surface area contributed by atoms with Crippen molar-refractivity contribution in [1.29, 1.82) is 0 Å². The molecule has 0 aromatic heterocycles. The Morgan fingerprint density at radius 3 is 2.21 bits per heavy atom. The Kier molecular flexibility index (Phi) is 5.05. The summed E-state index contributed by atoms with van der Waals surface area (Å²) in [5, 5.41) is 9.07. The van der Waals surface area contributed by atoms with E-state index in [0.717, 1.165) is 0 Å². The Labute approximate surface area is 89.1 Å². The van der Waals surface area contributed by atoms with Gasteiger partial charge in [0.1, 0.15) is 0 Å². The number of hydrogen-bond donors (Lipinski definition) is 1. The Morgan fingerprint density at radius 1 is 1.43 bits per heavy atom. The zero-order chi connectivity index (χ0) is 11.4. The van der Waals surface area contributed by atoms with Gasteiger partial charge in [-0.05, 0) is 24.6 Å². The van der Waals surface area contributed by atoms with E-state index >= 15 is 0 Å². The second kappa shape index (κ2) is 5.10. The molecule has 0 aromatic rings. The largest absolute Gasteiger partial charge is 0.410 e. The molecule has 14 heavy (non-hydrogen) atoms. The van der Waals surface area contributed by atoms with Crippen LogP contribution in [0.3, 0.4) is 0 Å². The molecule has 0 aliphatic carbocycles. The van der Waals surface area contributed by atoms with E-state index < -0.39 is 8.32 Å². The fourth-order valence-electron chi connectivity index (χ4n) is 0.907. The van der Waals surface area contributed by atoms with Crippen molar-refractivity contribution >= 4 is 8.32 Å². The molecule has 0 fully saturated rings. The predicted octanol–water partition coefficient (Wildman–Crippen LogP) is 2.95. The van der Waals surface area contributed by atoms with Gasteiger partial charge in [0.25, 0.3) is 0 Å². The van der Waals surface area contributed by atoms with Gasteiger partial charge >= 0.3 is 0 Å². The topological polar surface area (TPSA) is 29.5 Å². The maximum absolute atomic E-state index is 8.86. The van der Waals surface area contributed by atoms with Crippen molar-refractivity contribution in [2.24, 2.45) is 0 Å². The minimum absolute atomic E-state index is 0.000826. The Hall–Kier alpha value is -0.123. The van der Waals surface area contributed by atoms with E-state index in [4.69, 9.17) is 9.53 Å². The van der Waals surface area contributed by atoms with Crippen molar-refractivity contribution in [3.63, 3.8) is 0 Å². The lowest BCUT2D eigenvalue weighted by molar-refractivity contribution is 0.174. The summed E-state index contributed by atoms with van der Waals surface area (Å²) in [5.74, 6) is 0. The number of hydrogen-bond acceptors (Lipinski definition) is 2. The first-order valence-electron chi connectivity index (χ1n) is 5.16. The summed E-state index contributed by atoms with van der Waals surface area (Å²) in [7, 11) is -1.71. The quantitative estimate of drug-likeness (QED) is 0.565. The first-order valence-corrected chi connectivity index (χ1v) is 8.06. The molecule has 1 N–H and O–H groups in total. The van der Waals surface area contributed by atoms with E-state index in [0.29, 0.717) is 6.42 Å². The Balaban J connectivity index is 4.39. The molecule has 84 valence electrons. The molecule has 1 atom stereocenters. The molecule has 0 saturated carbocycles. The highest BCUT2D eigenvalue weighted by molar-refractivity contribution is 6.74. The van der Waals surface area contributed by atoms with E-state index in [1.54, 1.807) is 6.08 Å². The van der Waals surface area contributed by atoms with E-state index in [2.05, 4.69) is 40.4 Å². The molecule has 0 amide bonds. The predicted molar refractivity (Wildman–Crippen MR) is 64.0 cm³/mol. The minimum Gasteiger partial charge on any atom is -0.410 e. The second-order valence-corrected chi connectivity index (χ2v) is 9.92. The van der Waals surface area contributed by atoms with E-state index in [1.807, 2.05) is 0 Å². The zero-order valence-electron chi connectivity index (χ0n) is 10.1. The van der Waals surface area contributed by atoms with Gasteiger partial charge in [-0.2, -0.15) is 0 Å². The zero-order valence-corrected chi connectivity index (χ0v) is 11.1.